The molecule has 2 nitrogen and oxygen atoms in total. The van der Waals surface area contributed by atoms with E-state index in [9.17, 15) is 13.2 Å². The molecule has 2 rings (SSSR count). The lowest BCUT2D eigenvalue weighted by Crippen LogP contribution is -2.20. The van der Waals surface area contributed by atoms with E-state index >= 15 is 0 Å². The van der Waals surface area contributed by atoms with Crippen LogP contribution in [0.1, 0.15) is 17.2 Å². The van der Waals surface area contributed by atoms with Crippen LogP contribution in [-0.4, -0.2) is 6.61 Å². The molecule has 0 aromatic heterocycles. The van der Waals surface area contributed by atoms with Gasteiger partial charge in [0, 0.05) is 0 Å². The molecule has 2 aromatic carbocycles. The Morgan fingerprint density at radius 3 is 2.14 bits per heavy atom. The molecule has 0 amide bonds. The van der Waals surface area contributed by atoms with Crippen molar-refractivity contribution in [2.45, 2.75) is 12.2 Å². The molecule has 0 aliphatic heterocycles. The van der Waals surface area contributed by atoms with E-state index < -0.39 is 17.8 Å². The van der Waals surface area contributed by atoms with Crippen molar-refractivity contribution in [1.29, 1.82) is 0 Å². The van der Waals surface area contributed by atoms with Crippen LogP contribution in [0.2, 0.25) is 0 Å². The molecule has 0 fully saturated rings. The summed E-state index contributed by atoms with van der Waals surface area (Å²) >= 11 is 0. The zero-order valence-electron chi connectivity index (χ0n) is 11.0. The summed E-state index contributed by atoms with van der Waals surface area (Å²) in [5.41, 5.74) is 5.92. The van der Waals surface area contributed by atoms with Gasteiger partial charge in [-0.2, -0.15) is 13.2 Å². The molecule has 6 heteroatoms. The highest BCUT2D eigenvalue weighted by Gasteiger charge is 2.34. The fourth-order valence-corrected chi connectivity index (χ4v) is 1.80. The van der Waals surface area contributed by atoms with Crippen LogP contribution in [0.5, 0.6) is 5.75 Å². The van der Waals surface area contributed by atoms with Crippen LogP contribution in [0.3, 0.4) is 0 Å². The second-order valence-corrected chi connectivity index (χ2v) is 4.32. The number of ether oxygens (including phenoxy) is 1. The van der Waals surface area contributed by atoms with E-state index in [4.69, 9.17) is 10.5 Å². The maximum Gasteiger partial charge on any atom is 0.419 e. The number of nitrogens with two attached hydrogens (primary N) is 1. The van der Waals surface area contributed by atoms with Gasteiger partial charge in [-0.3, -0.25) is 0 Å². The average molecular weight is 318 g/mol. The zero-order chi connectivity index (χ0) is 14.6. The van der Waals surface area contributed by atoms with Crippen molar-refractivity contribution in [1.82, 2.24) is 0 Å². The molecule has 0 spiro atoms. The number of alkyl halides is 3. The highest BCUT2D eigenvalue weighted by atomic mass is 35.5. The first-order valence-corrected chi connectivity index (χ1v) is 6.08. The molecule has 0 heterocycles. The molecule has 1 atom stereocenters. The molecule has 0 unspecified atom stereocenters. The fourth-order valence-electron chi connectivity index (χ4n) is 1.80. The summed E-state index contributed by atoms with van der Waals surface area (Å²) in [7, 11) is 0. The number of rotatable bonds is 4. The second-order valence-electron chi connectivity index (χ2n) is 4.32. The van der Waals surface area contributed by atoms with Crippen molar-refractivity contribution < 1.29 is 17.9 Å². The molecule has 0 aliphatic carbocycles. The summed E-state index contributed by atoms with van der Waals surface area (Å²) in [6.45, 7) is -0.0168. The van der Waals surface area contributed by atoms with Crippen molar-refractivity contribution in [3.63, 3.8) is 0 Å². The third-order valence-corrected chi connectivity index (χ3v) is 2.84. The van der Waals surface area contributed by atoms with Crippen molar-refractivity contribution in [2.75, 3.05) is 6.61 Å². The van der Waals surface area contributed by atoms with Gasteiger partial charge in [-0.1, -0.05) is 42.5 Å². The summed E-state index contributed by atoms with van der Waals surface area (Å²) in [5, 5.41) is 0. The van der Waals surface area contributed by atoms with Crippen LogP contribution >= 0.6 is 12.4 Å². The molecule has 2 N–H and O–H groups in total. The Balaban J connectivity index is 0.00000220. The summed E-state index contributed by atoms with van der Waals surface area (Å²) in [6.07, 6.45) is -4.44. The van der Waals surface area contributed by atoms with Gasteiger partial charge in [0.05, 0.1) is 11.6 Å². The number of hydrogen-bond acceptors (Lipinski definition) is 2. The van der Waals surface area contributed by atoms with Crippen LogP contribution in [0.25, 0.3) is 0 Å². The van der Waals surface area contributed by atoms with Crippen molar-refractivity contribution in [2.24, 2.45) is 5.73 Å². The summed E-state index contributed by atoms with van der Waals surface area (Å²) in [4.78, 5) is 0. The monoisotopic (exact) mass is 317 g/mol. The standard InChI is InChI=1S/C15H14F3NO.ClH/c16-15(17,18)12-8-4-5-9-14(12)20-10-13(19)11-6-2-1-3-7-11;/h1-9,13H,10,19H2;1H/t13-;/m0./s1. The molecule has 0 bridgehead atoms. The van der Waals surface area contributed by atoms with Gasteiger partial charge >= 0.3 is 6.18 Å². The highest BCUT2D eigenvalue weighted by Crippen LogP contribution is 2.36. The van der Waals surface area contributed by atoms with E-state index in [1.165, 1.54) is 18.2 Å². The molecule has 0 radical (unpaired) electrons. The van der Waals surface area contributed by atoms with Crippen LogP contribution in [0, 0.1) is 0 Å². The Morgan fingerprint density at radius 1 is 0.952 bits per heavy atom. The lowest BCUT2D eigenvalue weighted by atomic mass is 10.1. The summed E-state index contributed by atoms with van der Waals surface area (Å²) in [5.74, 6) is -0.202. The second kappa shape index (κ2) is 7.33. The Bertz CT molecular complexity index is 560. The first-order chi connectivity index (χ1) is 9.48. The van der Waals surface area contributed by atoms with Gasteiger partial charge < -0.3 is 10.5 Å². The molecule has 21 heavy (non-hydrogen) atoms. The SMILES string of the molecule is Cl.N[C@@H](COc1ccccc1C(F)(F)F)c1ccccc1. The Hall–Kier alpha value is -1.72. The predicted octanol–water partition coefficient (Wildman–Crippen LogP) is 4.21. The van der Waals surface area contributed by atoms with E-state index in [2.05, 4.69) is 0 Å². The number of halogens is 4. The average Bonchev–Trinajstić information content (AvgIpc) is 2.45. The van der Waals surface area contributed by atoms with Crippen LogP contribution in [-0.2, 0) is 6.18 Å². The number of hydrogen-bond donors (Lipinski definition) is 1. The van der Waals surface area contributed by atoms with Gasteiger partial charge in [0.25, 0.3) is 0 Å². The van der Waals surface area contributed by atoms with Crippen molar-refractivity contribution in [3.05, 3.63) is 65.7 Å². The molecule has 0 saturated heterocycles. The lowest BCUT2D eigenvalue weighted by Gasteiger charge is -2.17. The lowest BCUT2D eigenvalue weighted by molar-refractivity contribution is -0.139. The highest BCUT2D eigenvalue weighted by molar-refractivity contribution is 5.85. The largest absolute Gasteiger partial charge is 0.491 e. The minimum Gasteiger partial charge on any atom is -0.491 e. The van der Waals surface area contributed by atoms with Gasteiger partial charge in [0.2, 0.25) is 0 Å². The maximum atomic E-state index is 12.8. The molecule has 0 aliphatic rings. The van der Waals surface area contributed by atoms with Gasteiger partial charge in [0.1, 0.15) is 12.4 Å². The van der Waals surface area contributed by atoms with E-state index in [0.29, 0.717) is 0 Å². The van der Waals surface area contributed by atoms with E-state index in [1.54, 1.807) is 0 Å². The minimum absolute atomic E-state index is 0. The Labute approximate surface area is 127 Å². The minimum atomic E-state index is -4.44. The fraction of sp³-hybridized carbons (Fsp3) is 0.200. The van der Waals surface area contributed by atoms with E-state index in [-0.39, 0.29) is 24.8 Å². The number of benzene rings is 2. The Kier molecular flexibility index (Phi) is 6.05. The smallest absolute Gasteiger partial charge is 0.419 e. The Morgan fingerprint density at radius 2 is 1.52 bits per heavy atom. The third-order valence-electron chi connectivity index (χ3n) is 2.84. The van der Waals surface area contributed by atoms with Gasteiger partial charge in [-0.25, -0.2) is 0 Å². The van der Waals surface area contributed by atoms with Crippen LogP contribution in [0.15, 0.2) is 54.6 Å². The van der Waals surface area contributed by atoms with Crippen molar-refractivity contribution in [3.8, 4) is 5.75 Å². The molecular formula is C15H15ClF3NO. The van der Waals surface area contributed by atoms with Crippen LogP contribution < -0.4 is 10.5 Å². The molecule has 2 aromatic rings. The zero-order valence-corrected chi connectivity index (χ0v) is 11.8. The van der Waals surface area contributed by atoms with Crippen LogP contribution in [0.4, 0.5) is 13.2 Å². The summed E-state index contributed by atoms with van der Waals surface area (Å²) < 4.78 is 43.6. The molecular weight excluding hydrogens is 303 g/mol. The van der Waals surface area contributed by atoms with Gasteiger partial charge in [-0.15, -0.1) is 12.4 Å². The quantitative estimate of drug-likeness (QED) is 0.917. The van der Waals surface area contributed by atoms with Gasteiger partial charge in [-0.05, 0) is 17.7 Å². The predicted molar refractivity (Wildman–Crippen MR) is 77.6 cm³/mol. The van der Waals surface area contributed by atoms with Gasteiger partial charge in [0.15, 0.2) is 0 Å². The normalized spacial score (nSPS) is 12.4. The van der Waals surface area contributed by atoms with E-state index in [0.717, 1.165) is 11.6 Å². The topological polar surface area (TPSA) is 35.2 Å². The first kappa shape index (κ1) is 17.3. The third kappa shape index (κ3) is 4.65. The molecule has 0 saturated carbocycles. The molecule has 114 valence electrons. The maximum absolute atomic E-state index is 12.8. The van der Waals surface area contributed by atoms with Crippen molar-refractivity contribution >= 4 is 12.4 Å². The number of para-hydroxylation sites is 1. The van der Waals surface area contributed by atoms with E-state index in [1.807, 2.05) is 30.3 Å². The summed E-state index contributed by atoms with van der Waals surface area (Å²) in [6, 6.07) is 13.7. The first-order valence-electron chi connectivity index (χ1n) is 6.08.